The van der Waals surface area contributed by atoms with E-state index in [4.69, 9.17) is 52.1 Å². The molecule has 0 saturated carbocycles. The van der Waals surface area contributed by atoms with Crippen LogP contribution in [0.5, 0.6) is 0 Å². The number of carbonyl (C=O) groups excluding carboxylic acids is 3. The lowest BCUT2D eigenvalue weighted by molar-refractivity contribution is -0.407. The Labute approximate surface area is 421 Å². The van der Waals surface area contributed by atoms with Crippen LogP contribution in [0.2, 0.25) is 0 Å². The van der Waals surface area contributed by atoms with Crippen molar-refractivity contribution < 1.29 is 143 Å². The van der Waals surface area contributed by atoms with E-state index < -0.39 is 228 Å². The van der Waals surface area contributed by atoms with Gasteiger partial charge in [0.2, 0.25) is 17.7 Å². The highest BCUT2D eigenvalue weighted by Gasteiger charge is 2.59. The maximum absolute atomic E-state index is 13.2. The average Bonchev–Trinajstić information content (AvgIpc) is 3.35. The highest BCUT2D eigenvalue weighted by molar-refractivity contribution is 5.74. The molecule has 6 rings (SSSR count). The van der Waals surface area contributed by atoms with Gasteiger partial charge in [-0.15, -0.1) is 0 Å². The summed E-state index contributed by atoms with van der Waals surface area (Å²) in [6.45, 7) is 1.65. The van der Waals surface area contributed by atoms with Crippen LogP contribution in [-0.4, -0.2) is 305 Å². The molecule has 6 fully saturated rings. The van der Waals surface area contributed by atoms with Crippen molar-refractivity contribution in [1.82, 2.24) is 16.0 Å². The smallest absolute Gasteiger partial charge is 0.217 e. The van der Waals surface area contributed by atoms with Crippen LogP contribution >= 0.6 is 0 Å². The Balaban J connectivity index is 1.48. The zero-order valence-electron chi connectivity index (χ0n) is 40.6. The molecule has 18 N–H and O–H groups in total. The zero-order valence-corrected chi connectivity index (χ0v) is 40.6. The van der Waals surface area contributed by atoms with Gasteiger partial charge < -0.3 is 145 Å². The van der Waals surface area contributed by atoms with Crippen molar-refractivity contribution in [3.8, 4) is 0 Å². The summed E-state index contributed by atoms with van der Waals surface area (Å²) in [5.41, 5.74) is 0. The fourth-order valence-electron chi connectivity index (χ4n) is 9.58. The molecule has 0 aromatic rings. The lowest BCUT2D eigenvalue weighted by Gasteiger charge is -2.53. The molecular weight excluding hydrogens is 1010 g/mol. The second-order valence-electron chi connectivity index (χ2n) is 18.9. The summed E-state index contributed by atoms with van der Waals surface area (Å²) in [7, 11) is 0. The fourth-order valence-corrected chi connectivity index (χ4v) is 9.58. The SMILES string of the molecule is CC(=O)N[C@H]1[C@@H](O[C@H]2[C@@H](O)[C@@H](CO)O[C@@H](O[C@H]3[C@H](O[C@@H]4O[C@@H](C)[C@@H](O)[C@@H](O)[C@@H]4O)[C@@H](NC(C)=O)[C@H](O[C@H]4[C@@H](O)[C@@H](CO)OC(O)[C@@H]4NC(C)=O)O[C@@H]3CO)[C@@H]2O[C@@H]2O[C@@H](C)[C@@H](O)[C@@H](O)[C@@H]2O)O[C@H](CO)[C@H](O)[C@@H]1O. The van der Waals surface area contributed by atoms with Gasteiger partial charge in [0.1, 0.15) is 134 Å². The van der Waals surface area contributed by atoms with E-state index in [0.717, 1.165) is 20.8 Å². The molecule has 30 atom stereocenters. The minimum absolute atomic E-state index is 0.767. The van der Waals surface area contributed by atoms with Crippen LogP contribution in [0, 0.1) is 0 Å². The van der Waals surface area contributed by atoms with Crippen molar-refractivity contribution in [1.29, 1.82) is 0 Å². The van der Waals surface area contributed by atoms with Gasteiger partial charge in [0.25, 0.3) is 0 Å². The molecule has 32 heteroatoms. The minimum atomic E-state index is -2.18. The number of amides is 3. The first kappa shape index (κ1) is 60.6. The van der Waals surface area contributed by atoms with Crippen molar-refractivity contribution in [2.75, 3.05) is 26.4 Å². The van der Waals surface area contributed by atoms with Crippen LogP contribution in [0.1, 0.15) is 34.6 Å². The second-order valence-corrected chi connectivity index (χ2v) is 18.9. The quantitative estimate of drug-likeness (QED) is 0.0643. The van der Waals surface area contributed by atoms with Gasteiger partial charge in [-0.25, -0.2) is 0 Å². The number of rotatable bonds is 17. The summed E-state index contributed by atoms with van der Waals surface area (Å²) < 4.78 is 66.2. The van der Waals surface area contributed by atoms with Gasteiger partial charge in [-0.2, -0.15) is 0 Å². The van der Waals surface area contributed by atoms with Gasteiger partial charge in [-0.3, -0.25) is 14.4 Å². The van der Waals surface area contributed by atoms with Crippen molar-refractivity contribution in [2.45, 2.75) is 219 Å². The Hall–Kier alpha value is -2.63. The number of aliphatic hydroxyl groups is 15. The lowest BCUT2D eigenvalue weighted by Crippen LogP contribution is -2.72. The molecule has 6 saturated heterocycles. The van der Waals surface area contributed by atoms with E-state index in [2.05, 4.69) is 16.0 Å². The van der Waals surface area contributed by atoms with Gasteiger partial charge >= 0.3 is 0 Å². The van der Waals surface area contributed by atoms with Crippen molar-refractivity contribution in [2.24, 2.45) is 0 Å². The summed E-state index contributed by atoms with van der Waals surface area (Å²) in [6.07, 6.45) is -50.5. The Morgan fingerprint density at radius 3 is 1.24 bits per heavy atom. The first-order valence-corrected chi connectivity index (χ1v) is 23.8. The molecule has 428 valence electrons. The normalized spacial score (nSPS) is 49.1. The minimum Gasteiger partial charge on any atom is -0.394 e. The molecule has 74 heavy (non-hydrogen) atoms. The largest absolute Gasteiger partial charge is 0.394 e. The Bertz CT molecular complexity index is 1830. The number of carbonyl (C=O) groups is 3. The standard InChI is InChI=1S/C42H71N3O29/c1-10-22(53)28(59)30(61)40(64-10)72-34-21(45-14(5)52)39(71-33-20(44-13(4)51)37(63)66-16(7-47)25(33)56)69-18(9-49)32(34)70-42-36(74-41-31(62)29(60)23(54)11(2)65-41)35(26(57)17(8-48)68-42)73-38-19(43-12(3)50)27(58)24(55)15(6-46)67-38/h10-11,15-42,46-49,53-63H,6-9H2,1-5H3,(H,43,50)(H,44,51)(H,45,52)/t10-,11-,15+,16+,17+,18+,19+,20+,21+,22+,23+,24-,25-,26-,27+,28+,29+,30-,31-,32+,33+,34+,35-,36+,37?,38+,39-,40-,41-,42-/m0/s1. The predicted octanol–water partition coefficient (Wildman–Crippen LogP) is -11.6. The molecule has 0 spiro atoms. The van der Waals surface area contributed by atoms with E-state index >= 15 is 0 Å². The van der Waals surface area contributed by atoms with Crippen molar-refractivity contribution in [3.63, 3.8) is 0 Å². The highest BCUT2D eigenvalue weighted by Crippen LogP contribution is 2.39. The van der Waals surface area contributed by atoms with Crippen LogP contribution in [0.3, 0.4) is 0 Å². The van der Waals surface area contributed by atoms with E-state index in [1.54, 1.807) is 0 Å². The number of aliphatic hydroxyl groups excluding tert-OH is 15. The Kier molecular flexibility index (Phi) is 21.2. The molecule has 0 aromatic carbocycles. The summed E-state index contributed by atoms with van der Waals surface area (Å²) in [4.78, 5) is 37.9. The summed E-state index contributed by atoms with van der Waals surface area (Å²) in [5, 5.41) is 170. The van der Waals surface area contributed by atoms with E-state index in [1.165, 1.54) is 13.8 Å². The first-order chi connectivity index (χ1) is 34.9. The maximum Gasteiger partial charge on any atom is 0.217 e. The molecule has 0 aromatic heterocycles. The number of hydrogen-bond acceptors (Lipinski definition) is 29. The van der Waals surface area contributed by atoms with Gasteiger partial charge in [0, 0.05) is 20.8 Å². The molecule has 0 aliphatic carbocycles. The Morgan fingerprint density at radius 1 is 0.351 bits per heavy atom. The van der Waals surface area contributed by atoms with Gasteiger partial charge in [0.15, 0.2) is 37.7 Å². The summed E-state index contributed by atoms with van der Waals surface area (Å²) in [6, 6.07) is -5.15. The van der Waals surface area contributed by atoms with Gasteiger partial charge in [0.05, 0.1) is 38.6 Å². The first-order valence-electron chi connectivity index (χ1n) is 23.8. The molecule has 3 amide bonds. The molecule has 6 heterocycles. The topological polar surface area (TPSA) is 492 Å². The summed E-state index contributed by atoms with van der Waals surface area (Å²) in [5.74, 6) is -2.44. The summed E-state index contributed by atoms with van der Waals surface area (Å²) >= 11 is 0. The average molecular weight is 1080 g/mol. The van der Waals surface area contributed by atoms with Crippen LogP contribution in [0.4, 0.5) is 0 Å². The van der Waals surface area contributed by atoms with E-state index in [1.807, 2.05) is 0 Å². The molecular formula is C42H71N3O29. The Morgan fingerprint density at radius 2 is 0.730 bits per heavy atom. The molecule has 0 bridgehead atoms. The van der Waals surface area contributed by atoms with Crippen molar-refractivity contribution in [3.05, 3.63) is 0 Å². The fraction of sp³-hybridized carbons (Fsp3) is 0.929. The number of hydrogen-bond donors (Lipinski definition) is 18. The highest BCUT2D eigenvalue weighted by atomic mass is 16.8. The van der Waals surface area contributed by atoms with E-state index in [0.29, 0.717) is 0 Å². The number of ether oxygens (including phenoxy) is 11. The van der Waals surface area contributed by atoms with Crippen LogP contribution < -0.4 is 16.0 Å². The molecule has 6 aliphatic heterocycles. The van der Waals surface area contributed by atoms with E-state index in [9.17, 15) is 91.0 Å². The third-order valence-corrected chi connectivity index (χ3v) is 13.6. The molecule has 32 nitrogen and oxygen atoms in total. The zero-order chi connectivity index (χ0) is 54.8. The maximum atomic E-state index is 13.2. The second kappa shape index (κ2) is 25.9. The van der Waals surface area contributed by atoms with E-state index in [-0.39, 0.29) is 0 Å². The van der Waals surface area contributed by atoms with Crippen LogP contribution in [-0.2, 0) is 66.5 Å². The van der Waals surface area contributed by atoms with Gasteiger partial charge in [-0.05, 0) is 13.8 Å². The van der Waals surface area contributed by atoms with Crippen LogP contribution in [0.25, 0.3) is 0 Å². The third-order valence-electron chi connectivity index (χ3n) is 13.6. The third kappa shape index (κ3) is 13.1. The predicted molar refractivity (Wildman–Crippen MR) is 231 cm³/mol. The number of nitrogens with one attached hydrogen (secondary N) is 3. The molecule has 0 radical (unpaired) electrons. The van der Waals surface area contributed by atoms with Crippen molar-refractivity contribution >= 4 is 17.7 Å². The molecule has 1 unspecified atom stereocenters. The van der Waals surface area contributed by atoms with Gasteiger partial charge in [-0.1, -0.05) is 0 Å². The lowest BCUT2D eigenvalue weighted by atomic mass is 9.93. The van der Waals surface area contributed by atoms with Crippen LogP contribution in [0.15, 0.2) is 0 Å². The molecule has 6 aliphatic rings. The monoisotopic (exact) mass is 1080 g/mol.